The van der Waals surface area contributed by atoms with E-state index in [-0.39, 0.29) is 22.2 Å². The van der Waals surface area contributed by atoms with Crippen molar-refractivity contribution in [2.24, 2.45) is 0 Å². The minimum Gasteiger partial charge on any atom is -0.391 e. The van der Waals surface area contributed by atoms with Gasteiger partial charge in [0.25, 0.3) is 0 Å². The maximum Gasteiger partial charge on any atom is 0.182 e. The molecule has 0 radical (unpaired) electrons. The van der Waals surface area contributed by atoms with Crippen LogP contribution in [-0.2, 0) is 9.84 Å². The van der Waals surface area contributed by atoms with Gasteiger partial charge in [0, 0.05) is 6.54 Å². The van der Waals surface area contributed by atoms with Gasteiger partial charge in [-0.25, -0.2) is 8.42 Å². The molecule has 1 rings (SSSR count). The predicted molar refractivity (Wildman–Crippen MR) is 72.7 cm³/mol. The number of benzene rings is 1. The maximum atomic E-state index is 12.0. The smallest absolute Gasteiger partial charge is 0.182 e. The molecule has 102 valence electrons. The van der Waals surface area contributed by atoms with Crippen molar-refractivity contribution in [2.45, 2.75) is 24.3 Å². The van der Waals surface area contributed by atoms with Crippen molar-refractivity contribution in [3.63, 3.8) is 0 Å². The number of halogens is 1. The Labute approximate surface area is 113 Å². The van der Waals surface area contributed by atoms with Gasteiger partial charge in [-0.05, 0) is 25.1 Å². The SMILES string of the molecule is CCCNCC(O)CS(=O)(=O)c1ccccc1Cl. The van der Waals surface area contributed by atoms with Gasteiger partial charge in [-0.15, -0.1) is 0 Å². The summed E-state index contributed by atoms with van der Waals surface area (Å²) < 4.78 is 24.0. The molecule has 4 nitrogen and oxygen atoms in total. The molecule has 0 aliphatic carbocycles. The van der Waals surface area contributed by atoms with E-state index in [1.54, 1.807) is 12.1 Å². The Morgan fingerprint density at radius 1 is 1.39 bits per heavy atom. The molecule has 1 atom stereocenters. The number of sulfone groups is 1. The highest BCUT2D eigenvalue weighted by molar-refractivity contribution is 7.91. The molecule has 0 bridgehead atoms. The summed E-state index contributed by atoms with van der Waals surface area (Å²) in [5.41, 5.74) is 0. The van der Waals surface area contributed by atoms with Crippen molar-refractivity contribution >= 4 is 21.4 Å². The highest BCUT2D eigenvalue weighted by Gasteiger charge is 2.21. The molecule has 0 saturated carbocycles. The lowest BCUT2D eigenvalue weighted by Gasteiger charge is -2.12. The molecule has 0 fully saturated rings. The molecule has 0 aliphatic rings. The van der Waals surface area contributed by atoms with Gasteiger partial charge in [0.15, 0.2) is 9.84 Å². The van der Waals surface area contributed by atoms with Gasteiger partial charge in [0.1, 0.15) is 0 Å². The van der Waals surface area contributed by atoms with E-state index >= 15 is 0 Å². The quantitative estimate of drug-likeness (QED) is 0.747. The normalized spacial score (nSPS) is 13.5. The summed E-state index contributed by atoms with van der Waals surface area (Å²) in [4.78, 5) is 0.0706. The number of nitrogens with one attached hydrogen (secondary N) is 1. The Balaban J connectivity index is 2.68. The van der Waals surface area contributed by atoms with Crippen LogP contribution in [-0.4, -0.2) is 38.5 Å². The van der Waals surface area contributed by atoms with Crippen molar-refractivity contribution in [3.05, 3.63) is 29.3 Å². The lowest BCUT2D eigenvalue weighted by molar-refractivity contribution is 0.194. The maximum absolute atomic E-state index is 12.0. The first kappa shape index (κ1) is 15.4. The van der Waals surface area contributed by atoms with E-state index in [1.165, 1.54) is 12.1 Å². The molecule has 0 saturated heterocycles. The molecular weight excluding hydrogens is 274 g/mol. The van der Waals surface area contributed by atoms with Gasteiger partial charge >= 0.3 is 0 Å². The fourth-order valence-electron chi connectivity index (χ4n) is 1.54. The Morgan fingerprint density at radius 3 is 2.67 bits per heavy atom. The zero-order valence-corrected chi connectivity index (χ0v) is 11.8. The van der Waals surface area contributed by atoms with Crippen LogP contribution >= 0.6 is 11.6 Å². The number of hydrogen-bond acceptors (Lipinski definition) is 4. The van der Waals surface area contributed by atoms with E-state index < -0.39 is 15.9 Å². The molecule has 0 amide bonds. The van der Waals surface area contributed by atoms with Crippen LogP contribution in [0.4, 0.5) is 0 Å². The fourth-order valence-corrected chi connectivity index (χ4v) is 3.49. The first-order valence-corrected chi connectivity index (χ1v) is 7.86. The Bertz CT molecular complexity index is 476. The predicted octanol–water partition coefficient (Wildman–Crippen LogP) is 1.47. The Hall–Kier alpha value is -0.620. The molecule has 0 heterocycles. The van der Waals surface area contributed by atoms with Crippen molar-refractivity contribution in [3.8, 4) is 0 Å². The van der Waals surface area contributed by atoms with E-state index in [4.69, 9.17) is 11.6 Å². The molecule has 1 aromatic rings. The van der Waals surface area contributed by atoms with E-state index in [0.717, 1.165) is 13.0 Å². The highest BCUT2D eigenvalue weighted by Crippen LogP contribution is 2.22. The number of aliphatic hydroxyl groups excluding tert-OH is 1. The largest absolute Gasteiger partial charge is 0.391 e. The average molecular weight is 292 g/mol. The van der Waals surface area contributed by atoms with Crippen LogP contribution < -0.4 is 5.32 Å². The zero-order valence-electron chi connectivity index (χ0n) is 10.3. The monoisotopic (exact) mass is 291 g/mol. The van der Waals surface area contributed by atoms with E-state index in [0.29, 0.717) is 0 Å². The first-order chi connectivity index (χ1) is 8.47. The fraction of sp³-hybridized carbons (Fsp3) is 0.500. The van der Waals surface area contributed by atoms with E-state index in [2.05, 4.69) is 5.32 Å². The van der Waals surface area contributed by atoms with Gasteiger partial charge in [0.05, 0.1) is 21.8 Å². The van der Waals surface area contributed by atoms with Crippen molar-refractivity contribution in [1.82, 2.24) is 5.32 Å². The average Bonchev–Trinajstić information content (AvgIpc) is 2.29. The summed E-state index contributed by atoms with van der Waals surface area (Å²) in [6.07, 6.45) is 0.00194. The van der Waals surface area contributed by atoms with Crippen LogP contribution in [0.1, 0.15) is 13.3 Å². The second kappa shape index (κ2) is 7.09. The zero-order chi connectivity index (χ0) is 13.6. The summed E-state index contributed by atoms with van der Waals surface area (Å²) in [6, 6.07) is 6.25. The summed E-state index contributed by atoms with van der Waals surface area (Å²) >= 11 is 5.84. The van der Waals surface area contributed by atoms with Crippen LogP contribution in [0.25, 0.3) is 0 Å². The van der Waals surface area contributed by atoms with Crippen molar-refractivity contribution in [2.75, 3.05) is 18.8 Å². The molecule has 0 aromatic heterocycles. The number of hydrogen-bond donors (Lipinski definition) is 2. The Kier molecular flexibility index (Phi) is 6.08. The number of aliphatic hydroxyl groups is 1. The van der Waals surface area contributed by atoms with Gasteiger partial charge in [0.2, 0.25) is 0 Å². The molecule has 0 aliphatic heterocycles. The van der Waals surface area contributed by atoms with Crippen LogP contribution in [0.2, 0.25) is 5.02 Å². The standard InChI is InChI=1S/C12H18ClNO3S/c1-2-7-14-8-10(15)9-18(16,17)12-6-4-3-5-11(12)13/h3-6,10,14-15H,2,7-9H2,1H3. The second-order valence-electron chi connectivity index (χ2n) is 4.07. The van der Waals surface area contributed by atoms with E-state index in [1.807, 2.05) is 6.92 Å². The number of rotatable bonds is 7. The lowest BCUT2D eigenvalue weighted by Crippen LogP contribution is -2.33. The third kappa shape index (κ3) is 4.57. The molecule has 0 spiro atoms. The second-order valence-corrected chi connectivity index (χ2v) is 6.48. The minimum absolute atomic E-state index is 0.0706. The molecule has 2 N–H and O–H groups in total. The molecule has 18 heavy (non-hydrogen) atoms. The van der Waals surface area contributed by atoms with Gasteiger partial charge in [-0.2, -0.15) is 0 Å². The molecule has 6 heteroatoms. The summed E-state index contributed by atoms with van der Waals surface area (Å²) in [5, 5.41) is 12.8. The minimum atomic E-state index is -3.55. The van der Waals surface area contributed by atoms with E-state index in [9.17, 15) is 13.5 Å². The highest BCUT2D eigenvalue weighted by atomic mass is 35.5. The lowest BCUT2D eigenvalue weighted by atomic mass is 10.4. The summed E-state index contributed by atoms with van der Waals surface area (Å²) in [5.74, 6) is -0.326. The Morgan fingerprint density at radius 2 is 2.06 bits per heavy atom. The summed E-state index contributed by atoms with van der Waals surface area (Å²) in [6.45, 7) is 3.01. The van der Waals surface area contributed by atoms with Gasteiger partial charge < -0.3 is 10.4 Å². The van der Waals surface area contributed by atoms with Crippen LogP contribution in [0.5, 0.6) is 0 Å². The molecule has 1 unspecified atom stereocenters. The third-order valence-corrected chi connectivity index (χ3v) is 4.68. The van der Waals surface area contributed by atoms with Crippen LogP contribution in [0, 0.1) is 0 Å². The third-order valence-electron chi connectivity index (χ3n) is 2.39. The van der Waals surface area contributed by atoms with Crippen LogP contribution in [0.15, 0.2) is 29.2 Å². The van der Waals surface area contributed by atoms with Crippen LogP contribution in [0.3, 0.4) is 0 Å². The topological polar surface area (TPSA) is 66.4 Å². The first-order valence-electron chi connectivity index (χ1n) is 5.83. The van der Waals surface area contributed by atoms with Crippen molar-refractivity contribution < 1.29 is 13.5 Å². The molecule has 1 aromatic carbocycles. The van der Waals surface area contributed by atoms with Gasteiger partial charge in [-0.1, -0.05) is 30.7 Å². The van der Waals surface area contributed by atoms with Crippen molar-refractivity contribution in [1.29, 1.82) is 0 Å². The molecular formula is C12H18ClNO3S. The summed E-state index contributed by atoms with van der Waals surface area (Å²) in [7, 11) is -3.55. The van der Waals surface area contributed by atoms with Gasteiger partial charge in [-0.3, -0.25) is 0 Å².